The lowest BCUT2D eigenvalue weighted by molar-refractivity contribution is 0.0461. The van der Waals surface area contributed by atoms with E-state index in [1.165, 1.54) is 6.07 Å². The summed E-state index contributed by atoms with van der Waals surface area (Å²) in [5.41, 5.74) is 0.218. The van der Waals surface area contributed by atoms with E-state index in [-0.39, 0.29) is 30.0 Å². The van der Waals surface area contributed by atoms with Crippen molar-refractivity contribution in [3.05, 3.63) is 23.8 Å². The van der Waals surface area contributed by atoms with Crippen molar-refractivity contribution in [1.29, 1.82) is 0 Å². The van der Waals surface area contributed by atoms with Crippen LogP contribution in [-0.2, 0) is 9.47 Å². The number of rotatable bonds is 10. The summed E-state index contributed by atoms with van der Waals surface area (Å²) in [6.07, 6.45) is 5.54. The van der Waals surface area contributed by atoms with Gasteiger partial charge in [-0.3, -0.25) is 4.79 Å². The molecular weight excluding hydrogens is 275 g/mol. The van der Waals surface area contributed by atoms with Crippen LogP contribution in [0.3, 0.4) is 0 Å². The molecule has 21 heavy (non-hydrogen) atoms. The molecule has 0 aliphatic rings. The number of carbonyl (C=O) groups excluding carboxylic acids is 1. The number of hydrogen-bond acceptors (Lipinski definition) is 6. The molecule has 0 unspecified atom stereocenters. The van der Waals surface area contributed by atoms with Crippen LogP contribution < -0.4 is 10.2 Å². The van der Waals surface area contributed by atoms with Gasteiger partial charge in [0.15, 0.2) is 6.29 Å². The van der Waals surface area contributed by atoms with Gasteiger partial charge in [-0.05, 0) is 11.5 Å². The van der Waals surface area contributed by atoms with Crippen molar-refractivity contribution < 1.29 is 29.1 Å². The van der Waals surface area contributed by atoms with Gasteiger partial charge in [0.25, 0.3) is 0 Å². The molecule has 6 nitrogen and oxygen atoms in total. The fourth-order valence-electron chi connectivity index (χ4n) is 1.60. The molecule has 0 spiro atoms. The van der Waals surface area contributed by atoms with Crippen molar-refractivity contribution in [2.24, 2.45) is 0 Å². The predicted octanol–water partition coefficient (Wildman–Crippen LogP) is -0.776. The second kappa shape index (κ2) is 9.97. The zero-order valence-corrected chi connectivity index (χ0v) is 11.5. The Morgan fingerprint density at radius 3 is 2.57 bits per heavy atom. The van der Waals surface area contributed by atoms with Crippen LogP contribution in [0.2, 0.25) is 0 Å². The molecule has 1 aromatic rings. The maximum absolute atomic E-state index is 11.0. The summed E-state index contributed by atoms with van der Waals surface area (Å²) < 4.78 is 15.7. The fraction of sp³-hybridized carbons (Fsp3) is 0.357. The average molecular weight is 292 g/mol. The molecule has 0 radical (unpaired) electrons. The highest BCUT2D eigenvalue weighted by molar-refractivity contribution is 6.60. The topological polar surface area (TPSA) is 85.2 Å². The Bertz CT molecular complexity index is 483. The first-order valence-corrected chi connectivity index (χ1v) is 6.36. The van der Waals surface area contributed by atoms with Gasteiger partial charge >= 0.3 is 7.12 Å². The third-order valence-electron chi connectivity index (χ3n) is 2.54. The predicted molar refractivity (Wildman–Crippen MR) is 77.6 cm³/mol. The third-order valence-corrected chi connectivity index (χ3v) is 2.54. The number of terminal acetylenes is 1. The van der Waals surface area contributed by atoms with E-state index < -0.39 is 7.12 Å². The van der Waals surface area contributed by atoms with Crippen LogP contribution in [0.4, 0.5) is 0 Å². The lowest BCUT2D eigenvalue weighted by atomic mass is 9.77. The highest BCUT2D eigenvalue weighted by Gasteiger charge is 2.18. The summed E-state index contributed by atoms with van der Waals surface area (Å²) >= 11 is 0. The lowest BCUT2D eigenvalue weighted by Crippen LogP contribution is -2.33. The smallest absolute Gasteiger partial charge is 0.489 e. The van der Waals surface area contributed by atoms with Crippen LogP contribution in [0.15, 0.2) is 18.2 Å². The number of aldehydes is 1. The Balaban J connectivity index is 2.37. The van der Waals surface area contributed by atoms with E-state index in [4.69, 9.17) is 30.7 Å². The maximum atomic E-state index is 11.0. The van der Waals surface area contributed by atoms with E-state index in [1.54, 1.807) is 12.1 Å². The van der Waals surface area contributed by atoms with Gasteiger partial charge in [0, 0.05) is 0 Å². The third kappa shape index (κ3) is 5.98. The Hall–Kier alpha value is -1.85. The molecule has 0 saturated heterocycles. The lowest BCUT2D eigenvalue weighted by Gasteiger charge is -2.11. The van der Waals surface area contributed by atoms with Crippen LogP contribution in [0.5, 0.6) is 5.75 Å². The molecule has 0 bridgehead atoms. The Kier molecular flexibility index (Phi) is 8.17. The largest absolute Gasteiger partial charge is 0.490 e. The van der Waals surface area contributed by atoms with Crippen molar-refractivity contribution in [2.75, 3.05) is 33.0 Å². The number of hydrogen-bond donors (Lipinski definition) is 2. The van der Waals surface area contributed by atoms with Crippen molar-refractivity contribution >= 4 is 18.9 Å². The van der Waals surface area contributed by atoms with E-state index in [2.05, 4.69) is 5.92 Å². The molecule has 0 aliphatic heterocycles. The molecule has 7 heteroatoms. The van der Waals surface area contributed by atoms with Crippen LogP contribution in [-0.4, -0.2) is 56.5 Å². The first kappa shape index (κ1) is 17.2. The second-order valence-electron chi connectivity index (χ2n) is 3.97. The summed E-state index contributed by atoms with van der Waals surface area (Å²) in [6, 6.07) is 4.60. The zero-order valence-electron chi connectivity index (χ0n) is 11.5. The van der Waals surface area contributed by atoms with Crippen LogP contribution in [0.25, 0.3) is 0 Å². The van der Waals surface area contributed by atoms with Gasteiger partial charge in [-0.25, -0.2) is 0 Å². The minimum absolute atomic E-state index is 0.103. The summed E-state index contributed by atoms with van der Waals surface area (Å²) in [4.78, 5) is 11.0. The number of benzene rings is 1. The van der Waals surface area contributed by atoms with E-state index in [0.717, 1.165) is 0 Å². The summed E-state index contributed by atoms with van der Waals surface area (Å²) in [5.74, 6) is 2.62. The molecule has 2 N–H and O–H groups in total. The van der Waals surface area contributed by atoms with E-state index in [0.29, 0.717) is 26.1 Å². The van der Waals surface area contributed by atoms with Crippen molar-refractivity contribution in [1.82, 2.24) is 0 Å². The standard InChI is InChI=1S/C14H17BO6/c1-2-6-19-7-8-20-9-10-21-14-5-3-4-13(15(17)18)12(14)11-16/h1,3-5,11,17-18H,6-10H2. The molecule has 1 rings (SSSR count). The molecule has 0 aromatic heterocycles. The molecule has 0 saturated carbocycles. The van der Waals surface area contributed by atoms with Gasteiger partial charge in [-0.15, -0.1) is 6.42 Å². The van der Waals surface area contributed by atoms with Gasteiger partial charge in [0.05, 0.1) is 25.4 Å². The van der Waals surface area contributed by atoms with Gasteiger partial charge in [-0.2, -0.15) is 0 Å². The molecule has 1 aromatic carbocycles. The second-order valence-corrected chi connectivity index (χ2v) is 3.97. The van der Waals surface area contributed by atoms with Crippen LogP contribution >= 0.6 is 0 Å². The summed E-state index contributed by atoms with van der Waals surface area (Å²) in [6.45, 7) is 1.57. The van der Waals surface area contributed by atoms with E-state index in [1.807, 2.05) is 0 Å². The molecule has 0 atom stereocenters. The van der Waals surface area contributed by atoms with E-state index in [9.17, 15) is 4.79 Å². The van der Waals surface area contributed by atoms with Gasteiger partial charge < -0.3 is 24.3 Å². The molecule has 0 aliphatic carbocycles. The van der Waals surface area contributed by atoms with Crippen molar-refractivity contribution in [2.45, 2.75) is 0 Å². The molecular formula is C14H17BO6. The first-order valence-electron chi connectivity index (χ1n) is 6.36. The Morgan fingerprint density at radius 1 is 1.19 bits per heavy atom. The van der Waals surface area contributed by atoms with Gasteiger partial charge in [0.2, 0.25) is 0 Å². The average Bonchev–Trinajstić information content (AvgIpc) is 2.49. The fourth-order valence-corrected chi connectivity index (χ4v) is 1.60. The highest BCUT2D eigenvalue weighted by atomic mass is 16.5. The normalized spacial score (nSPS) is 9.95. The minimum atomic E-state index is -1.72. The molecule has 0 heterocycles. The summed E-state index contributed by atoms with van der Waals surface area (Å²) in [7, 11) is -1.72. The van der Waals surface area contributed by atoms with Gasteiger partial charge in [-0.1, -0.05) is 18.1 Å². The van der Waals surface area contributed by atoms with Crippen molar-refractivity contribution in [3.63, 3.8) is 0 Å². The zero-order chi connectivity index (χ0) is 15.5. The van der Waals surface area contributed by atoms with Crippen molar-refractivity contribution in [3.8, 4) is 18.1 Å². The number of carbonyl (C=O) groups is 1. The Labute approximate surface area is 123 Å². The van der Waals surface area contributed by atoms with E-state index >= 15 is 0 Å². The maximum Gasteiger partial charge on any atom is 0.489 e. The summed E-state index contributed by atoms with van der Waals surface area (Å²) in [5, 5.41) is 18.3. The van der Waals surface area contributed by atoms with Crippen LogP contribution in [0.1, 0.15) is 10.4 Å². The first-order chi connectivity index (χ1) is 10.2. The quantitative estimate of drug-likeness (QED) is 0.255. The highest BCUT2D eigenvalue weighted by Crippen LogP contribution is 2.14. The Morgan fingerprint density at radius 2 is 1.90 bits per heavy atom. The molecule has 112 valence electrons. The monoisotopic (exact) mass is 292 g/mol. The number of ether oxygens (including phenoxy) is 3. The van der Waals surface area contributed by atoms with Crippen LogP contribution in [0, 0.1) is 12.3 Å². The van der Waals surface area contributed by atoms with Gasteiger partial charge in [0.1, 0.15) is 19.0 Å². The minimum Gasteiger partial charge on any atom is -0.490 e. The molecule has 0 amide bonds. The molecule has 0 fully saturated rings. The SMILES string of the molecule is C#CCOCCOCCOc1cccc(B(O)O)c1C=O.